The molecule has 0 saturated heterocycles. The number of hydrogen-bond acceptors (Lipinski definition) is 6. The van der Waals surface area contributed by atoms with E-state index in [2.05, 4.69) is 5.32 Å². The molecule has 3 aromatic rings. The van der Waals surface area contributed by atoms with E-state index in [0.717, 1.165) is 9.20 Å². The summed E-state index contributed by atoms with van der Waals surface area (Å²) in [7, 11) is -4.24. The van der Waals surface area contributed by atoms with Crippen molar-refractivity contribution in [3.63, 3.8) is 0 Å². The van der Waals surface area contributed by atoms with Crippen molar-refractivity contribution in [3.8, 4) is 5.75 Å². The van der Waals surface area contributed by atoms with Crippen LogP contribution in [0.1, 0.15) is 46.6 Å². The van der Waals surface area contributed by atoms with Gasteiger partial charge in [0.1, 0.15) is 18.3 Å². The average molecular weight is 646 g/mol. The third-order valence-electron chi connectivity index (χ3n) is 6.54. The van der Waals surface area contributed by atoms with Gasteiger partial charge in [-0.15, -0.1) is 11.8 Å². The number of nitrogens with zero attached hydrogens (tertiary/aromatic N) is 2. The number of thioether (sulfide) groups is 1. The quantitative estimate of drug-likeness (QED) is 0.217. The van der Waals surface area contributed by atoms with Crippen LogP contribution in [0.2, 0.25) is 5.02 Å². The summed E-state index contributed by atoms with van der Waals surface area (Å²) in [5, 5.41) is 3.40. The van der Waals surface area contributed by atoms with Gasteiger partial charge in [-0.1, -0.05) is 48.9 Å². The first-order valence-electron chi connectivity index (χ1n) is 14.1. The van der Waals surface area contributed by atoms with Crippen molar-refractivity contribution in [2.24, 2.45) is 0 Å². The number of nitrogens with one attached hydrogen (secondary N) is 1. The van der Waals surface area contributed by atoms with Crippen LogP contribution in [0.15, 0.2) is 82.6 Å². The Labute approximate surface area is 264 Å². The predicted molar refractivity (Wildman–Crippen MR) is 174 cm³/mol. The van der Waals surface area contributed by atoms with Crippen molar-refractivity contribution in [2.45, 2.75) is 69.0 Å². The minimum absolute atomic E-state index is 0.0119. The van der Waals surface area contributed by atoms with E-state index >= 15 is 0 Å². The predicted octanol–water partition coefficient (Wildman–Crippen LogP) is 6.38. The van der Waals surface area contributed by atoms with Crippen LogP contribution in [-0.4, -0.2) is 56.1 Å². The third-order valence-corrected chi connectivity index (χ3v) is 9.43. The Hall–Kier alpha value is -3.21. The zero-order valence-electron chi connectivity index (χ0n) is 25.5. The molecule has 0 fully saturated rings. The number of sulfonamides is 1. The lowest BCUT2D eigenvalue weighted by atomic mass is 10.1. The number of halogens is 1. The SMILES string of the molecule is CCOc1ccccc1N(CC(=O)N(Cc1ccccc1Cl)C(CC)C(=O)NC(C)(C)C)S(=O)(=O)c1ccc(SC)cc1. The van der Waals surface area contributed by atoms with Crippen molar-refractivity contribution in [1.29, 1.82) is 0 Å². The smallest absolute Gasteiger partial charge is 0.264 e. The Balaban J connectivity index is 2.14. The van der Waals surface area contributed by atoms with Gasteiger partial charge in [0, 0.05) is 22.0 Å². The van der Waals surface area contributed by atoms with Gasteiger partial charge in [-0.05, 0) is 88.4 Å². The minimum atomic E-state index is -4.24. The van der Waals surface area contributed by atoms with E-state index in [4.69, 9.17) is 16.3 Å². The van der Waals surface area contributed by atoms with Gasteiger partial charge < -0.3 is 15.0 Å². The molecule has 0 radical (unpaired) electrons. The highest BCUT2D eigenvalue weighted by Crippen LogP contribution is 2.33. The van der Waals surface area contributed by atoms with E-state index in [-0.39, 0.29) is 23.0 Å². The summed E-state index contributed by atoms with van der Waals surface area (Å²) in [6.07, 6.45) is 2.21. The Bertz CT molecular complexity index is 1510. The summed E-state index contributed by atoms with van der Waals surface area (Å²) in [6, 6.07) is 19.4. The number of carbonyl (C=O) groups excluding carboxylic acids is 2. The monoisotopic (exact) mass is 645 g/mol. The molecule has 0 aliphatic heterocycles. The molecule has 0 heterocycles. The largest absolute Gasteiger partial charge is 0.492 e. The molecule has 1 N–H and O–H groups in total. The van der Waals surface area contributed by atoms with Crippen LogP contribution in [0.4, 0.5) is 5.69 Å². The fourth-order valence-electron chi connectivity index (χ4n) is 4.51. The van der Waals surface area contributed by atoms with Crippen molar-refractivity contribution < 1.29 is 22.7 Å². The molecule has 0 aliphatic carbocycles. The van der Waals surface area contributed by atoms with Gasteiger partial charge in [0.2, 0.25) is 11.8 Å². The second-order valence-electron chi connectivity index (χ2n) is 10.9. The summed E-state index contributed by atoms with van der Waals surface area (Å²) < 4.78 is 35.3. The number of hydrogen-bond donors (Lipinski definition) is 1. The van der Waals surface area contributed by atoms with Gasteiger partial charge in [0.25, 0.3) is 10.0 Å². The molecule has 0 bridgehead atoms. The van der Waals surface area contributed by atoms with Crippen molar-refractivity contribution in [1.82, 2.24) is 10.2 Å². The molecule has 2 amide bonds. The molecular weight excluding hydrogens is 606 g/mol. The number of benzene rings is 3. The zero-order valence-corrected chi connectivity index (χ0v) is 27.9. The summed E-state index contributed by atoms with van der Waals surface area (Å²) in [6.45, 7) is 8.93. The Morgan fingerprint density at radius 3 is 2.19 bits per heavy atom. The molecule has 11 heteroatoms. The van der Waals surface area contributed by atoms with E-state index < -0.39 is 34.1 Å². The highest BCUT2D eigenvalue weighted by Gasteiger charge is 2.35. The maximum absolute atomic E-state index is 14.3. The van der Waals surface area contributed by atoms with Crippen LogP contribution in [0.25, 0.3) is 0 Å². The van der Waals surface area contributed by atoms with E-state index in [9.17, 15) is 18.0 Å². The van der Waals surface area contributed by atoms with Gasteiger partial charge in [-0.3, -0.25) is 13.9 Å². The van der Waals surface area contributed by atoms with Crippen LogP contribution in [0, 0.1) is 0 Å². The number of anilines is 1. The van der Waals surface area contributed by atoms with Gasteiger partial charge in [0.15, 0.2) is 0 Å². The van der Waals surface area contributed by atoms with E-state index in [1.165, 1.54) is 28.8 Å². The summed E-state index contributed by atoms with van der Waals surface area (Å²) >= 11 is 7.97. The van der Waals surface area contributed by atoms with Crippen LogP contribution in [0.3, 0.4) is 0 Å². The molecule has 0 saturated carbocycles. The molecule has 3 aromatic carbocycles. The van der Waals surface area contributed by atoms with E-state index in [1.54, 1.807) is 67.6 Å². The number of amides is 2. The molecule has 232 valence electrons. The molecule has 3 rings (SSSR count). The number of carbonyl (C=O) groups is 2. The minimum Gasteiger partial charge on any atom is -0.492 e. The average Bonchev–Trinajstić information content (AvgIpc) is 2.96. The molecule has 43 heavy (non-hydrogen) atoms. The van der Waals surface area contributed by atoms with Crippen LogP contribution in [-0.2, 0) is 26.2 Å². The Kier molecular flexibility index (Phi) is 12.0. The first-order chi connectivity index (χ1) is 20.3. The molecule has 0 spiro atoms. The van der Waals surface area contributed by atoms with Crippen molar-refractivity contribution in [2.75, 3.05) is 23.7 Å². The van der Waals surface area contributed by atoms with Gasteiger partial charge >= 0.3 is 0 Å². The fourth-order valence-corrected chi connectivity index (χ4v) is 6.54. The molecule has 0 aromatic heterocycles. The fraction of sp³-hybridized carbons (Fsp3) is 0.375. The Morgan fingerprint density at radius 2 is 1.60 bits per heavy atom. The van der Waals surface area contributed by atoms with Crippen LogP contribution < -0.4 is 14.4 Å². The lowest BCUT2D eigenvalue weighted by Crippen LogP contribution is -2.55. The first-order valence-corrected chi connectivity index (χ1v) is 17.1. The molecule has 1 atom stereocenters. The maximum atomic E-state index is 14.3. The van der Waals surface area contributed by atoms with E-state index in [0.29, 0.717) is 29.4 Å². The zero-order chi connectivity index (χ0) is 31.8. The second kappa shape index (κ2) is 15.0. The lowest BCUT2D eigenvalue weighted by Gasteiger charge is -2.35. The van der Waals surface area contributed by atoms with Gasteiger partial charge in [-0.2, -0.15) is 0 Å². The molecule has 0 aliphatic rings. The normalized spacial score (nSPS) is 12.3. The Morgan fingerprint density at radius 1 is 0.977 bits per heavy atom. The molecule has 1 unspecified atom stereocenters. The van der Waals surface area contributed by atoms with E-state index in [1.807, 2.05) is 34.0 Å². The van der Waals surface area contributed by atoms with Crippen molar-refractivity contribution in [3.05, 3.63) is 83.4 Å². The molecule has 8 nitrogen and oxygen atoms in total. The second-order valence-corrected chi connectivity index (χ2v) is 14.0. The standard InChI is InChI=1S/C32H40ClN3O5S2/c1-7-27(31(38)34-32(3,4)5)35(21-23-13-9-10-14-26(23)33)30(37)22-36(28-15-11-12-16-29(28)41-8-2)43(39,40)25-19-17-24(42-6)18-20-25/h9-20,27H,7-8,21-22H2,1-6H3,(H,34,38). The summed E-state index contributed by atoms with van der Waals surface area (Å²) in [5.41, 5.74) is 0.311. The molecular formula is C32H40ClN3O5S2. The topological polar surface area (TPSA) is 96.0 Å². The first kappa shape index (κ1) is 34.3. The lowest BCUT2D eigenvalue weighted by molar-refractivity contribution is -0.141. The summed E-state index contributed by atoms with van der Waals surface area (Å²) in [4.78, 5) is 30.1. The number of ether oxygens (including phenoxy) is 1. The van der Waals surface area contributed by atoms with Crippen LogP contribution >= 0.6 is 23.4 Å². The van der Waals surface area contributed by atoms with Gasteiger partial charge in [0.05, 0.1) is 17.2 Å². The third kappa shape index (κ3) is 8.90. The number of rotatable bonds is 13. The maximum Gasteiger partial charge on any atom is 0.264 e. The van der Waals surface area contributed by atoms with Crippen molar-refractivity contribution >= 4 is 50.9 Å². The van der Waals surface area contributed by atoms with Crippen LogP contribution in [0.5, 0.6) is 5.75 Å². The summed E-state index contributed by atoms with van der Waals surface area (Å²) in [5.74, 6) is -0.587. The van der Waals surface area contributed by atoms with Gasteiger partial charge in [-0.25, -0.2) is 8.42 Å². The number of para-hydroxylation sites is 2. The highest BCUT2D eigenvalue weighted by atomic mass is 35.5. The highest BCUT2D eigenvalue weighted by molar-refractivity contribution is 7.98.